The van der Waals surface area contributed by atoms with Crippen LogP contribution in [0.15, 0.2) is 11.6 Å². The predicted molar refractivity (Wildman–Crippen MR) is 45.5 cm³/mol. The third kappa shape index (κ3) is 10.2. The Kier molecular flexibility index (Phi) is 7.21. The van der Waals surface area contributed by atoms with Gasteiger partial charge in [-0.25, -0.2) is 4.79 Å². The number of carbonyl (C=O) groups is 3. The van der Waals surface area contributed by atoms with E-state index in [1.807, 2.05) is 0 Å². The molecule has 0 saturated carbocycles. The number of carboxylic acid groups (broad SMARTS) is 1. The zero-order chi connectivity index (χ0) is 11.0. The van der Waals surface area contributed by atoms with Crippen molar-refractivity contribution in [3.63, 3.8) is 0 Å². The topological polar surface area (TPSA) is 123 Å². The van der Waals surface area contributed by atoms with Crippen molar-refractivity contribution in [3.05, 3.63) is 11.6 Å². The number of carboxylic acids is 1. The lowest BCUT2D eigenvalue weighted by molar-refractivity contribution is -0.135. The summed E-state index contributed by atoms with van der Waals surface area (Å²) in [7, 11) is 0. The van der Waals surface area contributed by atoms with E-state index in [1.54, 1.807) is 19.9 Å². The van der Waals surface area contributed by atoms with Gasteiger partial charge < -0.3 is 16.6 Å². The Hall–Kier alpha value is -1.85. The molecular formula is C7H12N2O4. The normalized spacial score (nSPS) is 9.54. The largest absolute Gasteiger partial charge is 0.478 e. The lowest BCUT2D eigenvalue weighted by Gasteiger charge is -1.84. The molecule has 13 heavy (non-hydrogen) atoms. The molecule has 0 unspecified atom stereocenters. The minimum absolute atomic E-state index is 0.389. The molecule has 6 nitrogen and oxygen atoms in total. The lowest BCUT2D eigenvalue weighted by atomic mass is 10.3. The van der Waals surface area contributed by atoms with E-state index < -0.39 is 17.8 Å². The smallest absolute Gasteiger partial charge is 0.330 e. The Labute approximate surface area is 75.2 Å². The van der Waals surface area contributed by atoms with Crippen molar-refractivity contribution in [2.45, 2.75) is 13.8 Å². The van der Waals surface area contributed by atoms with Crippen LogP contribution in [0.1, 0.15) is 13.8 Å². The van der Waals surface area contributed by atoms with Gasteiger partial charge in [0.25, 0.3) is 0 Å². The molecule has 0 aliphatic rings. The van der Waals surface area contributed by atoms with Crippen LogP contribution in [0.3, 0.4) is 0 Å². The number of amides is 2. The van der Waals surface area contributed by atoms with E-state index >= 15 is 0 Å². The highest BCUT2D eigenvalue weighted by Gasteiger charge is 1.96. The van der Waals surface area contributed by atoms with Crippen LogP contribution < -0.4 is 11.5 Å². The van der Waals surface area contributed by atoms with Crippen molar-refractivity contribution in [2.24, 2.45) is 11.5 Å². The van der Waals surface area contributed by atoms with Crippen molar-refractivity contribution in [1.82, 2.24) is 0 Å². The molecule has 0 aromatic carbocycles. The molecule has 0 rings (SSSR count). The van der Waals surface area contributed by atoms with Crippen LogP contribution in [0.2, 0.25) is 0 Å². The van der Waals surface area contributed by atoms with Gasteiger partial charge in [0.05, 0.1) is 0 Å². The fraction of sp³-hybridized carbons (Fsp3) is 0.286. The highest BCUT2D eigenvalue weighted by Crippen LogP contribution is 1.87. The van der Waals surface area contributed by atoms with Gasteiger partial charge in [0, 0.05) is 5.57 Å². The molecule has 0 atom stereocenters. The molecule has 74 valence electrons. The van der Waals surface area contributed by atoms with Crippen LogP contribution in [-0.4, -0.2) is 22.9 Å². The molecule has 0 heterocycles. The van der Waals surface area contributed by atoms with Gasteiger partial charge in [-0.2, -0.15) is 0 Å². The number of primary amides is 2. The maximum Gasteiger partial charge on any atom is 0.330 e. The first-order valence-electron chi connectivity index (χ1n) is 3.28. The third-order valence-corrected chi connectivity index (χ3v) is 1.01. The molecule has 0 spiro atoms. The van der Waals surface area contributed by atoms with Crippen LogP contribution in [0.5, 0.6) is 0 Å². The maximum absolute atomic E-state index is 9.86. The minimum atomic E-state index is -1.10. The molecule has 0 bridgehead atoms. The van der Waals surface area contributed by atoms with Crippen LogP contribution in [0, 0.1) is 0 Å². The summed E-state index contributed by atoms with van der Waals surface area (Å²) in [5, 5.41) is 8.11. The zero-order valence-electron chi connectivity index (χ0n) is 7.40. The van der Waals surface area contributed by atoms with Gasteiger partial charge in [0.2, 0.25) is 0 Å². The second kappa shape index (κ2) is 6.84. The van der Waals surface area contributed by atoms with Gasteiger partial charge >= 0.3 is 17.8 Å². The van der Waals surface area contributed by atoms with E-state index in [0.717, 1.165) is 0 Å². The molecule has 5 N–H and O–H groups in total. The van der Waals surface area contributed by atoms with Gasteiger partial charge in [0.15, 0.2) is 0 Å². The van der Waals surface area contributed by atoms with Crippen LogP contribution in [0.25, 0.3) is 0 Å². The van der Waals surface area contributed by atoms with E-state index in [-0.39, 0.29) is 0 Å². The second-order valence-electron chi connectivity index (χ2n) is 2.01. The predicted octanol–water partition coefficient (Wildman–Crippen LogP) is -1.01. The standard InChI is InChI=1S/C5H8O2.C2H4N2O2/c1-3-4(2)5(6)7;3-1(5)2(4)6/h3H,1-2H3,(H,6,7);(H2,3,5)(H2,4,6). The SMILES string of the molecule is CC=C(C)C(=O)O.NC(=O)C(N)=O. The molecule has 0 radical (unpaired) electrons. The molecule has 0 aliphatic heterocycles. The molecule has 0 aromatic heterocycles. The summed E-state index contributed by atoms with van der Waals surface area (Å²) in [6.45, 7) is 3.26. The van der Waals surface area contributed by atoms with E-state index in [4.69, 9.17) is 5.11 Å². The van der Waals surface area contributed by atoms with E-state index in [2.05, 4.69) is 11.5 Å². The number of carbonyl (C=O) groups excluding carboxylic acids is 2. The maximum atomic E-state index is 9.86. The van der Waals surface area contributed by atoms with Crippen LogP contribution in [-0.2, 0) is 14.4 Å². The fourth-order valence-corrected chi connectivity index (χ4v) is 0.123. The molecule has 6 heteroatoms. The van der Waals surface area contributed by atoms with Gasteiger partial charge in [-0.15, -0.1) is 0 Å². The van der Waals surface area contributed by atoms with Crippen LogP contribution >= 0.6 is 0 Å². The van der Waals surface area contributed by atoms with Crippen molar-refractivity contribution in [3.8, 4) is 0 Å². The van der Waals surface area contributed by atoms with Crippen molar-refractivity contribution >= 4 is 17.8 Å². The summed E-state index contributed by atoms with van der Waals surface area (Å²) in [6, 6.07) is 0. The molecule has 0 saturated heterocycles. The number of aliphatic carboxylic acids is 1. The Morgan fingerprint density at radius 3 is 1.46 bits per heavy atom. The number of nitrogens with two attached hydrogens (primary N) is 2. The first kappa shape index (κ1) is 13.7. The van der Waals surface area contributed by atoms with Gasteiger partial charge in [0.1, 0.15) is 0 Å². The summed E-state index contributed by atoms with van der Waals surface area (Å²) in [5.74, 6) is -3.05. The van der Waals surface area contributed by atoms with E-state index in [9.17, 15) is 14.4 Å². The average molecular weight is 188 g/mol. The molecule has 0 aliphatic carbocycles. The zero-order valence-corrected chi connectivity index (χ0v) is 7.40. The van der Waals surface area contributed by atoms with Gasteiger partial charge in [-0.05, 0) is 13.8 Å². The first-order valence-corrected chi connectivity index (χ1v) is 3.28. The highest BCUT2D eigenvalue weighted by atomic mass is 16.4. The number of hydrogen-bond donors (Lipinski definition) is 3. The number of allylic oxidation sites excluding steroid dienone is 1. The molecular weight excluding hydrogens is 176 g/mol. The minimum Gasteiger partial charge on any atom is -0.478 e. The van der Waals surface area contributed by atoms with Crippen LogP contribution in [0.4, 0.5) is 0 Å². The monoisotopic (exact) mass is 188 g/mol. The summed E-state index contributed by atoms with van der Waals surface area (Å²) in [5.41, 5.74) is 9.03. The number of hydrogen-bond acceptors (Lipinski definition) is 3. The van der Waals surface area contributed by atoms with Gasteiger partial charge in [-0.3, -0.25) is 9.59 Å². The Morgan fingerprint density at radius 1 is 1.15 bits per heavy atom. The Morgan fingerprint density at radius 2 is 1.46 bits per heavy atom. The Balaban J connectivity index is 0. The van der Waals surface area contributed by atoms with Crippen molar-refractivity contribution in [1.29, 1.82) is 0 Å². The molecule has 0 aromatic rings. The molecule has 0 fully saturated rings. The third-order valence-electron chi connectivity index (χ3n) is 1.01. The number of rotatable bonds is 1. The summed E-state index contributed by atoms with van der Waals surface area (Å²) < 4.78 is 0. The van der Waals surface area contributed by atoms with Gasteiger partial charge in [-0.1, -0.05) is 6.08 Å². The lowest BCUT2D eigenvalue weighted by Crippen LogP contribution is -2.29. The quantitative estimate of drug-likeness (QED) is 0.360. The van der Waals surface area contributed by atoms with E-state index in [0.29, 0.717) is 5.57 Å². The van der Waals surface area contributed by atoms with Crippen molar-refractivity contribution < 1.29 is 19.5 Å². The average Bonchev–Trinajstić information content (AvgIpc) is 2.03. The summed E-state index contributed by atoms with van der Waals surface area (Å²) in [4.78, 5) is 28.8. The Bertz CT molecular complexity index is 233. The first-order chi connectivity index (χ1) is 5.82. The molecule has 2 amide bonds. The summed E-state index contributed by atoms with van der Waals surface area (Å²) >= 11 is 0. The highest BCUT2D eigenvalue weighted by molar-refractivity contribution is 6.33. The van der Waals surface area contributed by atoms with E-state index in [1.165, 1.54) is 0 Å². The fourth-order valence-electron chi connectivity index (χ4n) is 0.123. The second-order valence-corrected chi connectivity index (χ2v) is 2.01. The summed E-state index contributed by atoms with van der Waals surface area (Å²) in [6.07, 6.45) is 1.56. The van der Waals surface area contributed by atoms with Crippen molar-refractivity contribution in [2.75, 3.05) is 0 Å².